The molecule has 0 radical (unpaired) electrons. The van der Waals surface area contributed by atoms with Crippen LogP contribution in [0.2, 0.25) is 10.6 Å². The Morgan fingerprint density at radius 2 is 1.35 bits per heavy atom. The topological polar surface area (TPSA) is 41.9 Å². The third kappa shape index (κ3) is 5.04. The molecule has 0 unspecified atom stereocenters. The number of nitrogens with zero attached hydrogens (tertiary/aromatic N) is 4. The van der Waals surface area contributed by atoms with Crippen molar-refractivity contribution in [3.05, 3.63) is 10.6 Å². The number of rotatable bonds is 7. The number of aromatic nitrogens is 3. The SMILES string of the molecule is CCCCN(CCCC)c1nc(Cl)nc(Cl)n1. The summed E-state index contributed by atoms with van der Waals surface area (Å²) in [6.45, 7) is 6.16. The normalized spacial score (nSPS) is 10.6. The number of unbranched alkanes of at least 4 members (excludes halogenated alkanes) is 2. The van der Waals surface area contributed by atoms with Crippen LogP contribution in [-0.2, 0) is 0 Å². The Morgan fingerprint density at radius 3 is 1.76 bits per heavy atom. The lowest BCUT2D eigenvalue weighted by Crippen LogP contribution is -2.27. The molecule has 0 N–H and O–H groups in total. The summed E-state index contributed by atoms with van der Waals surface area (Å²) in [6, 6.07) is 0. The molecule has 1 aromatic heterocycles. The number of hydrogen-bond acceptors (Lipinski definition) is 4. The van der Waals surface area contributed by atoms with Gasteiger partial charge >= 0.3 is 0 Å². The fourth-order valence-electron chi connectivity index (χ4n) is 1.47. The van der Waals surface area contributed by atoms with Gasteiger partial charge in [-0.25, -0.2) is 0 Å². The van der Waals surface area contributed by atoms with Crippen LogP contribution in [0.1, 0.15) is 39.5 Å². The fraction of sp³-hybridized carbons (Fsp3) is 0.727. The second kappa shape index (κ2) is 7.67. The molecule has 0 saturated heterocycles. The molecule has 0 aliphatic heterocycles. The van der Waals surface area contributed by atoms with Crippen LogP contribution in [0, 0.1) is 0 Å². The molecule has 0 bridgehead atoms. The lowest BCUT2D eigenvalue weighted by Gasteiger charge is -2.22. The van der Waals surface area contributed by atoms with Gasteiger partial charge in [-0.05, 0) is 36.0 Å². The largest absolute Gasteiger partial charge is 0.341 e. The molecule has 0 aliphatic rings. The summed E-state index contributed by atoms with van der Waals surface area (Å²) in [5.41, 5.74) is 0. The maximum absolute atomic E-state index is 5.79. The van der Waals surface area contributed by atoms with Gasteiger partial charge in [0.2, 0.25) is 16.5 Å². The van der Waals surface area contributed by atoms with E-state index in [0.717, 1.165) is 38.8 Å². The first-order chi connectivity index (χ1) is 8.17. The molecule has 4 nitrogen and oxygen atoms in total. The Morgan fingerprint density at radius 1 is 0.882 bits per heavy atom. The molecule has 17 heavy (non-hydrogen) atoms. The van der Waals surface area contributed by atoms with Crippen LogP contribution in [0.5, 0.6) is 0 Å². The number of halogens is 2. The summed E-state index contributed by atoms with van der Waals surface area (Å²) >= 11 is 11.6. The molecule has 1 heterocycles. The molecule has 0 amide bonds. The molecule has 0 atom stereocenters. The first kappa shape index (κ1) is 14.5. The highest BCUT2D eigenvalue weighted by molar-refractivity contribution is 6.31. The van der Waals surface area contributed by atoms with Gasteiger partial charge in [0.1, 0.15) is 0 Å². The fourth-order valence-corrected chi connectivity index (χ4v) is 1.82. The molecule has 0 spiro atoms. The Balaban J connectivity index is 2.78. The quantitative estimate of drug-likeness (QED) is 0.763. The summed E-state index contributed by atoms with van der Waals surface area (Å²) in [7, 11) is 0. The van der Waals surface area contributed by atoms with Gasteiger partial charge in [-0.1, -0.05) is 26.7 Å². The molecule has 6 heteroatoms. The van der Waals surface area contributed by atoms with Crippen LogP contribution < -0.4 is 4.90 Å². The third-order valence-corrected chi connectivity index (χ3v) is 2.75. The van der Waals surface area contributed by atoms with Crippen molar-refractivity contribution in [1.29, 1.82) is 0 Å². The summed E-state index contributed by atoms with van der Waals surface area (Å²) in [5, 5.41) is 0.302. The smallest absolute Gasteiger partial charge is 0.230 e. The second-order valence-corrected chi connectivity index (χ2v) is 4.54. The van der Waals surface area contributed by atoms with Crippen molar-refractivity contribution in [2.75, 3.05) is 18.0 Å². The number of anilines is 1. The minimum Gasteiger partial charge on any atom is -0.341 e. The number of hydrogen-bond donors (Lipinski definition) is 0. The molecule has 0 saturated carbocycles. The molecule has 1 rings (SSSR count). The zero-order chi connectivity index (χ0) is 12.7. The van der Waals surface area contributed by atoms with E-state index in [4.69, 9.17) is 23.2 Å². The molecular formula is C11H18Cl2N4. The second-order valence-electron chi connectivity index (χ2n) is 3.87. The van der Waals surface area contributed by atoms with E-state index in [1.807, 2.05) is 0 Å². The summed E-state index contributed by atoms with van der Waals surface area (Å²) in [6.07, 6.45) is 4.47. The Labute approximate surface area is 112 Å². The van der Waals surface area contributed by atoms with Gasteiger partial charge < -0.3 is 4.90 Å². The molecule has 96 valence electrons. The standard InChI is InChI=1S/C11H18Cl2N4/c1-3-5-7-17(8-6-4-2)11-15-9(12)14-10(13)16-11/h3-8H2,1-2H3. The van der Waals surface area contributed by atoms with E-state index in [-0.39, 0.29) is 10.6 Å². The van der Waals surface area contributed by atoms with E-state index in [0.29, 0.717) is 5.95 Å². The minimum atomic E-state index is 0.151. The van der Waals surface area contributed by atoms with Gasteiger partial charge in [-0.3, -0.25) is 0 Å². The highest BCUT2D eigenvalue weighted by Crippen LogP contribution is 2.15. The average Bonchev–Trinajstić information content (AvgIpc) is 2.28. The van der Waals surface area contributed by atoms with Crippen molar-refractivity contribution >= 4 is 29.2 Å². The highest BCUT2D eigenvalue weighted by Gasteiger charge is 2.11. The van der Waals surface area contributed by atoms with E-state index in [1.165, 1.54) is 0 Å². The Kier molecular flexibility index (Phi) is 6.52. The van der Waals surface area contributed by atoms with Crippen LogP contribution in [0.4, 0.5) is 5.95 Å². The van der Waals surface area contributed by atoms with Gasteiger partial charge in [0.05, 0.1) is 0 Å². The minimum absolute atomic E-state index is 0.151. The lowest BCUT2D eigenvalue weighted by molar-refractivity contribution is 0.661. The summed E-state index contributed by atoms with van der Waals surface area (Å²) < 4.78 is 0. The van der Waals surface area contributed by atoms with E-state index in [2.05, 4.69) is 33.7 Å². The monoisotopic (exact) mass is 276 g/mol. The maximum atomic E-state index is 5.79. The van der Waals surface area contributed by atoms with Gasteiger partial charge in [0, 0.05) is 13.1 Å². The van der Waals surface area contributed by atoms with Crippen LogP contribution in [-0.4, -0.2) is 28.0 Å². The van der Waals surface area contributed by atoms with E-state index < -0.39 is 0 Å². The van der Waals surface area contributed by atoms with Crippen molar-refractivity contribution in [3.63, 3.8) is 0 Å². The van der Waals surface area contributed by atoms with Crippen molar-refractivity contribution in [2.45, 2.75) is 39.5 Å². The molecule has 0 aromatic carbocycles. The van der Waals surface area contributed by atoms with Crippen molar-refractivity contribution in [1.82, 2.24) is 15.0 Å². The average molecular weight is 277 g/mol. The van der Waals surface area contributed by atoms with Gasteiger partial charge in [-0.15, -0.1) is 0 Å². The lowest BCUT2D eigenvalue weighted by atomic mass is 10.3. The van der Waals surface area contributed by atoms with E-state index in [9.17, 15) is 0 Å². The van der Waals surface area contributed by atoms with E-state index in [1.54, 1.807) is 0 Å². The van der Waals surface area contributed by atoms with Crippen LogP contribution >= 0.6 is 23.2 Å². The maximum Gasteiger partial charge on any atom is 0.230 e. The van der Waals surface area contributed by atoms with Gasteiger partial charge in [0.15, 0.2) is 0 Å². The summed E-state index contributed by atoms with van der Waals surface area (Å²) in [4.78, 5) is 14.1. The van der Waals surface area contributed by atoms with Crippen LogP contribution in [0.25, 0.3) is 0 Å². The van der Waals surface area contributed by atoms with Crippen molar-refractivity contribution in [3.8, 4) is 0 Å². The van der Waals surface area contributed by atoms with Crippen molar-refractivity contribution < 1.29 is 0 Å². The van der Waals surface area contributed by atoms with Gasteiger partial charge in [0.25, 0.3) is 0 Å². The third-order valence-electron chi connectivity index (χ3n) is 2.42. The molecular weight excluding hydrogens is 259 g/mol. The highest BCUT2D eigenvalue weighted by atomic mass is 35.5. The first-order valence-corrected chi connectivity index (χ1v) is 6.75. The van der Waals surface area contributed by atoms with Gasteiger partial charge in [-0.2, -0.15) is 15.0 Å². The molecule has 0 fully saturated rings. The van der Waals surface area contributed by atoms with Crippen LogP contribution in [0.3, 0.4) is 0 Å². The first-order valence-electron chi connectivity index (χ1n) is 5.99. The van der Waals surface area contributed by atoms with Crippen LogP contribution in [0.15, 0.2) is 0 Å². The summed E-state index contributed by atoms with van der Waals surface area (Å²) in [5.74, 6) is 0.580. The zero-order valence-corrected chi connectivity index (χ0v) is 11.8. The predicted molar refractivity (Wildman–Crippen MR) is 71.9 cm³/mol. The predicted octanol–water partition coefficient (Wildman–Crippen LogP) is 3.59. The zero-order valence-electron chi connectivity index (χ0n) is 10.3. The Hall–Kier alpha value is -0.610. The molecule has 1 aromatic rings. The molecule has 0 aliphatic carbocycles. The van der Waals surface area contributed by atoms with E-state index >= 15 is 0 Å². The van der Waals surface area contributed by atoms with Crippen molar-refractivity contribution in [2.24, 2.45) is 0 Å². The Bertz CT molecular complexity index is 318.